The summed E-state index contributed by atoms with van der Waals surface area (Å²) in [5.41, 5.74) is 1.37. The number of aliphatic hydroxyl groups excluding tert-OH is 1. The number of amides is 1. The molecule has 2 aromatic heterocycles. The fraction of sp³-hybridized carbons (Fsp3) is 0.680. The number of aliphatic hydroxyl groups is 1. The quantitative estimate of drug-likeness (QED) is 0.642. The molecule has 33 heavy (non-hydrogen) atoms. The van der Waals surface area contributed by atoms with Crippen LogP contribution in [0.25, 0.3) is 10.2 Å². The van der Waals surface area contributed by atoms with Crippen molar-refractivity contribution in [2.45, 2.75) is 69.4 Å². The lowest BCUT2D eigenvalue weighted by Gasteiger charge is -2.49. The highest BCUT2D eigenvalue weighted by atomic mass is 32.1. The van der Waals surface area contributed by atoms with Crippen molar-refractivity contribution in [2.75, 3.05) is 39.5 Å². The number of hydrogen-bond donors (Lipinski definition) is 2. The van der Waals surface area contributed by atoms with E-state index in [0.717, 1.165) is 86.4 Å². The third-order valence-corrected chi connectivity index (χ3v) is 9.07. The van der Waals surface area contributed by atoms with Crippen LogP contribution in [0.15, 0.2) is 12.3 Å². The second-order valence-electron chi connectivity index (χ2n) is 9.53. The number of carbonyl (C=O) groups excluding carboxylic acids is 1. The minimum absolute atomic E-state index is 0.00629. The zero-order valence-corrected chi connectivity index (χ0v) is 20.3. The van der Waals surface area contributed by atoms with E-state index in [1.807, 2.05) is 12.3 Å². The molecule has 1 saturated heterocycles. The maximum absolute atomic E-state index is 12.8. The van der Waals surface area contributed by atoms with Gasteiger partial charge in [-0.1, -0.05) is 6.92 Å². The molecular formula is C25H35N3O4S. The largest absolute Gasteiger partial charge is 0.490 e. The molecule has 0 radical (unpaired) electrons. The number of nitrogens with one attached hydrogen (secondary N) is 1. The smallest absolute Gasteiger partial charge is 0.227 e. The first-order valence-corrected chi connectivity index (χ1v) is 13.2. The summed E-state index contributed by atoms with van der Waals surface area (Å²) in [6.45, 7) is 6.31. The van der Waals surface area contributed by atoms with Gasteiger partial charge in [0.1, 0.15) is 10.6 Å². The summed E-state index contributed by atoms with van der Waals surface area (Å²) in [4.78, 5) is 22.2. The molecule has 0 spiro atoms. The van der Waals surface area contributed by atoms with Gasteiger partial charge in [0.15, 0.2) is 0 Å². The Labute approximate surface area is 199 Å². The Kier molecular flexibility index (Phi) is 6.88. The van der Waals surface area contributed by atoms with Crippen molar-refractivity contribution in [3.8, 4) is 5.75 Å². The molecule has 1 saturated carbocycles. The number of fused-ring (bicyclic) bond motifs is 3. The molecule has 2 N–H and O–H groups in total. The van der Waals surface area contributed by atoms with E-state index in [1.54, 1.807) is 11.3 Å². The van der Waals surface area contributed by atoms with Gasteiger partial charge < -0.3 is 19.9 Å². The Balaban J connectivity index is 1.34. The number of aromatic nitrogens is 1. The Morgan fingerprint density at radius 2 is 2.12 bits per heavy atom. The maximum atomic E-state index is 12.8. The zero-order valence-electron chi connectivity index (χ0n) is 19.5. The van der Waals surface area contributed by atoms with Crippen LogP contribution in [0, 0.1) is 0 Å². The van der Waals surface area contributed by atoms with E-state index in [9.17, 15) is 4.79 Å². The van der Waals surface area contributed by atoms with Crippen molar-refractivity contribution < 1.29 is 19.4 Å². The number of nitrogens with zero attached hydrogens (tertiary/aromatic N) is 2. The van der Waals surface area contributed by atoms with E-state index >= 15 is 0 Å². The maximum Gasteiger partial charge on any atom is 0.227 e. The van der Waals surface area contributed by atoms with Gasteiger partial charge >= 0.3 is 0 Å². The van der Waals surface area contributed by atoms with Crippen molar-refractivity contribution in [1.29, 1.82) is 0 Å². The average Bonchev–Trinajstić information content (AvgIpc) is 3.43. The third kappa shape index (κ3) is 4.38. The first kappa shape index (κ1) is 23.0. The highest BCUT2D eigenvalue weighted by Crippen LogP contribution is 2.47. The van der Waals surface area contributed by atoms with Gasteiger partial charge in [-0.15, -0.1) is 11.3 Å². The fourth-order valence-electron chi connectivity index (χ4n) is 6.06. The summed E-state index contributed by atoms with van der Waals surface area (Å²) in [5, 5.41) is 13.0. The highest BCUT2D eigenvalue weighted by Gasteiger charge is 2.40. The highest BCUT2D eigenvalue weighted by molar-refractivity contribution is 7.19. The average molecular weight is 474 g/mol. The molecule has 180 valence electrons. The molecule has 8 heteroatoms. The minimum Gasteiger partial charge on any atom is -0.490 e. The molecule has 3 aliphatic rings. The number of thiophene rings is 1. The normalized spacial score (nSPS) is 28.1. The van der Waals surface area contributed by atoms with Crippen LogP contribution in [0.2, 0.25) is 0 Å². The Morgan fingerprint density at radius 3 is 2.85 bits per heavy atom. The molecule has 7 nitrogen and oxygen atoms in total. The lowest BCUT2D eigenvalue weighted by molar-refractivity contribution is -0.122. The lowest BCUT2D eigenvalue weighted by atomic mass is 9.77. The molecule has 1 atom stereocenters. The van der Waals surface area contributed by atoms with Crippen molar-refractivity contribution in [3.05, 3.63) is 22.7 Å². The van der Waals surface area contributed by atoms with Crippen molar-refractivity contribution in [2.24, 2.45) is 0 Å². The summed E-state index contributed by atoms with van der Waals surface area (Å²) >= 11 is 1.69. The molecule has 2 fully saturated rings. The van der Waals surface area contributed by atoms with E-state index in [2.05, 4.69) is 22.1 Å². The molecule has 2 aliphatic carbocycles. The number of hydrogen-bond acceptors (Lipinski definition) is 7. The van der Waals surface area contributed by atoms with Crippen molar-refractivity contribution in [1.82, 2.24) is 15.2 Å². The Hall–Kier alpha value is -1.74. The number of rotatable bonds is 7. The second-order valence-corrected chi connectivity index (χ2v) is 10.6. The number of pyridine rings is 1. The first-order chi connectivity index (χ1) is 16.1. The topological polar surface area (TPSA) is 83.9 Å². The number of aryl methyl sites for hydroxylation is 1. The van der Waals surface area contributed by atoms with Crippen LogP contribution < -0.4 is 10.1 Å². The van der Waals surface area contributed by atoms with Crippen LogP contribution in [0.3, 0.4) is 0 Å². The number of ether oxygens (including phenoxy) is 2. The van der Waals surface area contributed by atoms with Crippen LogP contribution in [-0.2, 0) is 16.0 Å². The SMILES string of the molecule is CCC1(N2CCOCC2)CCC(Oc2ccnc3sc4c(c23)[C@@H](C(=O)NCCO)CC4)CC1. The summed E-state index contributed by atoms with van der Waals surface area (Å²) in [5.74, 6) is 0.681. The molecule has 5 rings (SSSR count). The fourth-order valence-corrected chi connectivity index (χ4v) is 7.29. The van der Waals surface area contributed by atoms with Crippen LogP contribution in [-0.4, -0.2) is 72.0 Å². The van der Waals surface area contributed by atoms with E-state index in [1.165, 1.54) is 11.3 Å². The monoisotopic (exact) mass is 473 g/mol. The standard InChI is InChI=1S/C25H35N3O4S/c1-2-25(28-12-15-31-16-13-28)8-5-17(6-9-25)32-19-7-10-27-24-22(19)21-18(3-4-20(21)33-24)23(30)26-11-14-29/h7,10,17-18,29H,2-6,8-9,11-16H2,1H3,(H,26,30)/t17?,18-,25?/m0/s1. The van der Waals surface area contributed by atoms with Crippen LogP contribution >= 0.6 is 11.3 Å². The van der Waals surface area contributed by atoms with Gasteiger partial charge in [0.2, 0.25) is 5.91 Å². The molecule has 1 amide bonds. The lowest BCUT2D eigenvalue weighted by Crippen LogP contribution is -2.55. The van der Waals surface area contributed by atoms with Gasteiger partial charge in [-0.3, -0.25) is 9.69 Å². The van der Waals surface area contributed by atoms with Gasteiger partial charge in [-0.25, -0.2) is 4.98 Å². The number of carbonyl (C=O) groups is 1. The van der Waals surface area contributed by atoms with Crippen molar-refractivity contribution >= 4 is 27.5 Å². The predicted molar refractivity (Wildman–Crippen MR) is 129 cm³/mol. The third-order valence-electron chi connectivity index (χ3n) is 7.90. The van der Waals surface area contributed by atoms with Gasteiger partial charge in [0.25, 0.3) is 0 Å². The Morgan fingerprint density at radius 1 is 1.33 bits per heavy atom. The summed E-state index contributed by atoms with van der Waals surface area (Å²) in [7, 11) is 0. The van der Waals surface area contributed by atoms with Crippen LogP contribution in [0.5, 0.6) is 5.75 Å². The predicted octanol–water partition coefficient (Wildman–Crippen LogP) is 3.24. The van der Waals surface area contributed by atoms with Crippen LogP contribution in [0.1, 0.15) is 61.8 Å². The van der Waals surface area contributed by atoms with Gasteiger partial charge in [-0.2, -0.15) is 0 Å². The summed E-state index contributed by atoms with van der Waals surface area (Å²) < 4.78 is 12.2. The molecule has 0 bridgehead atoms. The molecule has 0 unspecified atom stereocenters. The molecule has 0 aromatic carbocycles. The van der Waals surface area contributed by atoms with Crippen LogP contribution in [0.4, 0.5) is 0 Å². The second kappa shape index (κ2) is 9.86. The first-order valence-electron chi connectivity index (χ1n) is 12.4. The van der Waals surface area contributed by atoms with E-state index in [0.29, 0.717) is 6.54 Å². The van der Waals surface area contributed by atoms with E-state index in [-0.39, 0.29) is 30.1 Å². The molecule has 2 aromatic rings. The van der Waals surface area contributed by atoms with Crippen molar-refractivity contribution in [3.63, 3.8) is 0 Å². The van der Waals surface area contributed by atoms with E-state index < -0.39 is 0 Å². The summed E-state index contributed by atoms with van der Waals surface area (Å²) in [6.07, 6.45) is 9.28. The molecule has 1 aliphatic heterocycles. The molecular weight excluding hydrogens is 438 g/mol. The molecule has 3 heterocycles. The van der Waals surface area contributed by atoms with Gasteiger partial charge in [-0.05, 0) is 56.6 Å². The Bertz CT molecular complexity index is 979. The van der Waals surface area contributed by atoms with Gasteiger partial charge in [0.05, 0.1) is 37.2 Å². The van der Waals surface area contributed by atoms with E-state index in [4.69, 9.17) is 14.6 Å². The number of morpholine rings is 1. The van der Waals surface area contributed by atoms with Gasteiger partial charge in [0, 0.05) is 36.2 Å². The summed E-state index contributed by atoms with van der Waals surface area (Å²) in [6, 6.07) is 1.97. The zero-order chi connectivity index (χ0) is 22.8. The minimum atomic E-state index is -0.188.